The molecule has 45 heavy (non-hydrogen) atoms. The summed E-state index contributed by atoms with van der Waals surface area (Å²) in [4.78, 5) is 49.8. The fourth-order valence-corrected chi connectivity index (χ4v) is 5.31. The van der Waals surface area contributed by atoms with Gasteiger partial charge in [0.15, 0.2) is 0 Å². The van der Waals surface area contributed by atoms with Crippen LogP contribution in [0.25, 0.3) is 0 Å². The van der Waals surface area contributed by atoms with Gasteiger partial charge in [-0.2, -0.15) is 0 Å². The lowest BCUT2D eigenvalue weighted by atomic mass is 10.0. The summed E-state index contributed by atoms with van der Waals surface area (Å²) in [6, 6.07) is 5.05. The van der Waals surface area contributed by atoms with Gasteiger partial charge in [-0.25, -0.2) is 4.79 Å². The molecule has 0 heterocycles. The Morgan fingerprint density at radius 1 is 0.889 bits per heavy atom. The molecular formula is C33H48N4O8. The highest BCUT2D eigenvalue weighted by atomic mass is 16.6. The van der Waals surface area contributed by atoms with Gasteiger partial charge >= 0.3 is 6.09 Å². The standard InChI is InChI=1S/C33H48N4O8/c1-22(2)30(32(41)35-23(3)31(40)36-25-12-10-24(20-38)11-13-25)37-29(39)14-16-43-18-19-44-17-15-34-33(42)45-21-28-26-8-6-4-5-7-9-27(26)28/h10-13,22-23,26-28,30,38H,6-9,14-21H2,1-3H3,(H,34,42)(H,35,41)(H,36,40)(H,37,39)/t23-,26?,27?,28?,30-/m0/s1. The van der Waals surface area contributed by atoms with Crippen molar-refractivity contribution in [1.29, 1.82) is 0 Å². The predicted molar refractivity (Wildman–Crippen MR) is 168 cm³/mol. The number of rotatable bonds is 18. The van der Waals surface area contributed by atoms with Gasteiger partial charge in [0.05, 0.1) is 39.6 Å². The largest absolute Gasteiger partial charge is 0.449 e. The monoisotopic (exact) mass is 628 g/mol. The molecule has 0 aliphatic heterocycles. The second-order valence-corrected chi connectivity index (χ2v) is 11.8. The maximum Gasteiger partial charge on any atom is 0.407 e. The average molecular weight is 629 g/mol. The quantitative estimate of drug-likeness (QED) is 0.122. The molecule has 1 aromatic carbocycles. The first-order valence-corrected chi connectivity index (χ1v) is 15.8. The molecule has 2 aliphatic carbocycles. The maximum absolute atomic E-state index is 12.8. The fourth-order valence-electron chi connectivity index (χ4n) is 5.31. The highest BCUT2D eigenvalue weighted by Gasteiger charge is 2.49. The molecule has 12 heteroatoms. The van der Waals surface area contributed by atoms with Gasteiger partial charge in [0.2, 0.25) is 17.7 Å². The van der Waals surface area contributed by atoms with Crippen molar-refractivity contribution in [3.05, 3.63) is 29.8 Å². The summed E-state index contributed by atoms with van der Waals surface area (Å²) in [7, 11) is 0. The first kappa shape index (κ1) is 35.8. The van der Waals surface area contributed by atoms with Gasteiger partial charge in [0.1, 0.15) is 12.1 Å². The van der Waals surface area contributed by atoms with Gasteiger partial charge in [-0.15, -0.1) is 11.8 Å². The van der Waals surface area contributed by atoms with Gasteiger partial charge < -0.3 is 40.6 Å². The van der Waals surface area contributed by atoms with E-state index in [2.05, 4.69) is 33.1 Å². The third-order valence-electron chi connectivity index (χ3n) is 8.03. The number of hydrogen-bond acceptors (Lipinski definition) is 8. The Bertz CT molecular complexity index is 1160. The number of hydrogen-bond donors (Lipinski definition) is 5. The number of benzene rings is 1. The first-order chi connectivity index (χ1) is 21.7. The van der Waals surface area contributed by atoms with E-state index in [0.29, 0.717) is 49.8 Å². The smallest absolute Gasteiger partial charge is 0.407 e. The van der Waals surface area contributed by atoms with Crippen molar-refractivity contribution in [2.75, 3.05) is 44.9 Å². The summed E-state index contributed by atoms with van der Waals surface area (Å²) in [5, 5.41) is 19.9. The Balaban J connectivity index is 1.20. The lowest BCUT2D eigenvalue weighted by molar-refractivity contribution is -0.132. The number of ether oxygens (including phenoxy) is 3. The van der Waals surface area contributed by atoms with Crippen LogP contribution in [-0.4, -0.2) is 80.6 Å². The summed E-state index contributed by atoms with van der Waals surface area (Å²) in [5.74, 6) is 6.65. The predicted octanol–water partition coefficient (Wildman–Crippen LogP) is 2.35. The van der Waals surface area contributed by atoms with Crippen molar-refractivity contribution in [3.63, 3.8) is 0 Å². The van der Waals surface area contributed by atoms with E-state index in [-0.39, 0.29) is 38.1 Å². The van der Waals surface area contributed by atoms with Crippen LogP contribution in [0.4, 0.5) is 10.5 Å². The molecule has 3 rings (SSSR count). The summed E-state index contributed by atoms with van der Waals surface area (Å²) in [5.41, 5.74) is 1.26. The van der Waals surface area contributed by atoms with E-state index >= 15 is 0 Å². The van der Waals surface area contributed by atoms with Crippen LogP contribution in [0.15, 0.2) is 24.3 Å². The zero-order chi connectivity index (χ0) is 32.6. The zero-order valence-electron chi connectivity index (χ0n) is 26.6. The number of aliphatic hydroxyl groups is 1. The number of alkyl carbamates (subject to hydrolysis) is 1. The summed E-state index contributed by atoms with van der Waals surface area (Å²) >= 11 is 0. The third-order valence-corrected chi connectivity index (χ3v) is 8.03. The van der Waals surface area contributed by atoms with Crippen LogP contribution in [-0.2, 0) is 35.2 Å². The molecule has 0 spiro atoms. The molecular weight excluding hydrogens is 580 g/mol. The van der Waals surface area contributed by atoms with Gasteiger partial charge in [-0.1, -0.05) is 26.0 Å². The van der Waals surface area contributed by atoms with Crippen molar-refractivity contribution in [2.45, 2.75) is 71.6 Å². The summed E-state index contributed by atoms with van der Waals surface area (Å²) < 4.78 is 16.3. The Hall–Kier alpha value is -3.66. The number of aliphatic hydroxyl groups excluding tert-OH is 1. The Labute approximate surface area is 265 Å². The fraction of sp³-hybridized carbons (Fsp3) is 0.636. The topological polar surface area (TPSA) is 164 Å². The number of anilines is 1. The van der Waals surface area contributed by atoms with E-state index in [1.54, 1.807) is 45.0 Å². The van der Waals surface area contributed by atoms with Crippen LogP contribution < -0.4 is 21.3 Å². The molecule has 1 fully saturated rings. The highest BCUT2D eigenvalue weighted by molar-refractivity contribution is 5.98. The maximum atomic E-state index is 12.8. The van der Waals surface area contributed by atoms with Crippen LogP contribution in [0.1, 0.15) is 58.4 Å². The number of carbonyl (C=O) groups is 4. The van der Waals surface area contributed by atoms with Crippen LogP contribution in [0.3, 0.4) is 0 Å². The molecule has 4 amide bonds. The minimum atomic E-state index is -0.838. The molecule has 4 atom stereocenters. The van der Waals surface area contributed by atoms with Crippen LogP contribution >= 0.6 is 0 Å². The molecule has 1 aromatic rings. The Morgan fingerprint density at radius 3 is 2.16 bits per heavy atom. The van der Waals surface area contributed by atoms with E-state index < -0.39 is 30.0 Å². The number of fused-ring (bicyclic) bond motifs is 1. The molecule has 0 radical (unpaired) electrons. The highest BCUT2D eigenvalue weighted by Crippen LogP contribution is 2.52. The van der Waals surface area contributed by atoms with Crippen molar-refractivity contribution < 1.29 is 38.5 Å². The van der Waals surface area contributed by atoms with Crippen LogP contribution in [0.5, 0.6) is 0 Å². The Morgan fingerprint density at radius 2 is 1.53 bits per heavy atom. The molecule has 5 N–H and O–H groups in total. The minimum absolute atomic E-state index is 0.0551. The number of nitrogens with one attached hydrogen (secondary N) is 4. The van der Waals surface area contributed by atoms with Gasteiger partial charge in [-0.05, 0) is 61.1 Å². The van der Waals surface area contributed by atoms with E-state index in [1.807, 2.05) is 0 Å². The minimum Gasteiger partial charge on any atom is -0.449 e. The Kier molecular flexibility index (Phi) is 15.1. The molecule has 1 saturated carbocycles. The lowest BCUT2D eigenvalue weighted by Crippen LogP contribution is -2.53. The van der Waals surface area contributed by atoms with Gasteiger partial charge in [0, 0.05) is 31.5 Å². The van der Waals surface area contributed by atoms with E-state index in [0.717, 1.165) is 31.2 Å². The molecule has 0 bridgehead atoms. The molecule has 12 nitrogen and oxygen atoms in total. The SMILES string of the molecule is CC(C)[C@H](NC(=O)CCOCCOCCNC(=O)OCC1C2CCC#CCCC21)C(=O)N[C@@H](C)C(=O)Nc1ccc(CO)cc1. The molecule has 0 aromatic heterocycles. The molecule has 2 aliphatic rings. The summed E-state index contributed by atoms with van der Waals surface area (Å²) in [6.07, 6.45) is 3.67. The second kappa shape index (κ2) is 19.0. The van der Waals surface area contributed by atoms with E-state index in [9.17, 15) is 19.2 Å². The van der Waals surface area contributed by atoms with Gasteiger partial charge in [-0.3, -0.25) is 14.4 Å². The van der Waals surface area contributed by atoms with E-state index in [4.69, 9.17) is 19.3 Å². The lowest BCUT2D eigenvalue weighted by Gasteiger charge is -2.24. The zero-order valence-corrected chi connectivity index (χ0v) is 26.6. The van der Waals surface area contributed by atoms with Crippen LogP contribution in [0.2, 0.25) is 0 Å². The molecule has 0 saturated heterocycles. The van der Waals surface area contributed by atoms with Crippen molar-refractivity contribution >= 4 is 29.5 Å². The molecule has 248 valence electrons. The van der Waals surface area contributed by atoms with E-state index in [1.165, 1.54) is 0 Å². The second-order valence-electron chi connectivity index (χ2n) is 11.8. The number of amides is 4. The summed E-state index contributed by atoms with van der Waals surface area (Å²) in [6.45, 7) is 6.87. The average Bonchev–Trinajstić information content (AvgIpc) is 3.66. The normalized spacial score (nSPS) is 19.8. The third kappa shape index (κ3) is 12.7. The first-order valence-electron chi connectivity index (χ1n) is 15.8. The number of carbonyl (C=O) groups excluding carboxylic acids is 4. The van der Waals surface area contributed by atoms with Gasteiger partial charge in [0.25, 0.3) is 0 Å². The van der Waals surface area contributed by atoms with Crippen molar-refractivity contribution in [3.8, 4) is 11.8 Å². The van der Waals surface area contributed by atoms with Crippen molar-refractivity contribution in [2.24, 2.45) is 23.7 Å². The van der Waals surface area contributed by atoms with Crippen LogP contribution in [0, 0.1) is 35.5 Å². The van der Waals surface area contributed by atoms with Crippen molar-refractivity contribution in [1.82, 2.24) is 16.0 Å². The molecule has 2 unspecified atom stereocenters.